The largest absolute Gasteiger partial charge is 0.507 e. The predicted octanol–water partition coefficient (Wildman–Crippen LogP) is 5.52. The Kier molecular flexibility index (Phi) is 7.96. The first-order chi connectivity index (χ1) is 15.1. The highest BCUT2D eigenvalue weighted by Gasteiger charge is 2.12. The molecule has 1 atom stereocenters. The van der Waals surface area contributed by atoms with Crippen molar-refractivity contribution >= 4 is 6.08 Å². The third kappa shape index (κ3) is 6.27. The van der Waals surface area contributed by atoms with Crippen molar-refractivity contribution in [1.29, 1.82) is 0 Å². The van der Waals surface area contributed by atoms with Crippen LogP contribution in [0.3, 0.4) is 0 Å². The lowest BCUT2D eigenvalue weighted by Gasteiger charge is -2.13. The third-order valence-electron chi connectivity index (χ3n) is 4.62. The Morgan fingerprint density at radius 3 is 2.26 bits per heavy atom. The van der Waals surface area contributed by atoms with Gasteiger partial charge >= 0.3 is 0 Å². The van der Waals surface area contributed by atoms with Crippen molar-refractivity contribution in [2.75, 3.05) is 13.2 Å². The summed E-state index contributed by atoms with van der Waals surface area (Å²) in [5, 5.41) is 20.9. The summed E-state index contributed by atoms with van der Waals surface area (Å²) in [4.78, 5) is 0. The third-order valence-corrected chi connectivity index (χ3v) is 4.62. The second kappa shape index (κ2) is 11.1. The Balaban J connectivity index is 1.69. The van der Waals surface area contributed by atoms with Crippen LogP contribution in [-0.2, 0) is 6.61 Å². The van der Waals surface area contributed by atoms with Crippen molar-refractivity contribution in [2.45, 2.75) is 26.6 Å². The molecule has 3 aromatic carbocycles. The lowest BCUT2D eigenvalue weighted by Crippen LogP contribution is -1.98. The molecule has 31 heavy (non-hydrogen) atoms. The van der Waals surface area contributed by atoms with Crippen LogP contribution in [0.15, 0.2) is 72.8 Å². The molecule has 0 radical (unpaired) electrons. The minimum atomic E-state index is -0.982. The molecule has 2 N–H and O–H groups in total. The first-order valence-electron chi connectivity index (χ1n) is 10.4. The Morgan fingerprint density at radius 2 is 1.55 bits per heavy atom. The van der Waals surface area contributed by atoms with E-state index in [-0.39, 0.29) is 5.75 Å². The van der Waals surface area contributed by atoms with Gasteiger partial charge in [-0.1, -0.05) is 42.5 Å². The summed E-state index contributed by atoms with van der Waals surface area (Å²) in [5.41, 5.74) is 2.24. The van der Waals surface area contributed by atoms with Crippen LogP contribution in [-0.4, -0.2) is 23.4 Å². The highest BCUT2D eigenvalue weighted by Crippen LogP contribution is 2.31. The van der Waals surface area contributed by atoms with E-state index in [1.807, 2.05) is 62.4 Å². The van der Waals surface area contributed by atoms with Crippen LogP contribution in [0.2, 0.25) is 0 Å². The Morgan fingerprint density at radius 1 is 0.839 bits per heavy atom. The van der Waals surface area contributed by atoms with E-state index in [0.29, 0.717) is 36.9 Å². The molecule has 0 aliphatic rings. The molecule has 0 aliphatic heterocycles. The molecule has 5 nitrogen and oxygen atoms in total. The van der Waals surface area contributed by atoms with E-state index in [0.717, 1.165) is 16.9 Å². The maximum Gasteiger partial charge on any atom is 0.130 e. The number of rotatable bonds is 10. The van der Waals surface area contributed by atoms with Crippen LogP contribution in [0.1, 0.15) is 36.6 Å². The van der Waals surface area contributed by atoms with Gasteiger partial charge in [-0.15, -0.1) is 0 Å². The van der Waals surface area contributed by atoms with E-state index >= 15 is 0 Å². The summed E-state index contributed by atoms with van der Waals surface area (Å²) in [7, 11) is 0. The molecule has 162 valence electrons. The van der Waals surface area contributed by atoms with E-state index in [4.69, 9.17) is 14.2 Å². The highest BCUT2D eigenvalue weighted by molar-refractivity contribution is 5.60. The number of phenols is 1. The lowest BCUT2D eigenvalue weighted by molar-refractivity contribution is 0.224. The maximum absolute atomic E-state index is 10.6. The Bertz CT molecular complexity index is 998. The number of benzene rings is 3. The van der Waals surface area contributed by atoms with Crippen molar-refractivity contribution in [3.8, 4) is 23.0 Å². The fourth-order valence-corrected chi connectivity index (χ4v) is 3.09. The van der Waals surface area contributed by atoms with E-state index in [1.165, 1.54) is 6.07 Å². The van der Waals surface area contributed by atoms with Gasteiger partial charge in [-0.05, 0) is 43.7 Å². The topological polar surface area (TPSA) is 68.2 Å². The molecule has 0 heterocycles. The first kappa shape index (κ1) is 22.2. The van der Waals surface area contributed by atoms with Gasteiger partial charge in [0.05, 0.1) is 13.2 Å². The molecule has 3 rings (SSSR count). The normalized spacial score (nSPS) is 12.0. The first-order valence-corrected chi connectivity index (χ1v) is 10.4. The monoisotopic (exact) mass is 420 g/mol. The quantitative estimate of drug-likeness (QED) is 0.452. The van der Waals surface area contributed by atoms with Crippen molar-refractivity contribution in [3.63, 3.8) is 0 Å². The molecule has 0 saturated heterocycles. The average Bonchev–Trinajstić information content (AvgIpc) is 2.78. The fourth-order valence-electron chi connectivity index (χ4n) is 3.09. The zero-order valence-corrected chi connectivity index (χ0v) is 17.8. The van der Waals surface area contributed by atoms with Crippen LogP contribution in [0, 0.1) is 0 Å². The number of aromatic hydroxyl groups is 1. The molecular weight excluding hydrogens is 392 g/mol. The second-order valence-electron chi connectivity index (χ2n) is 6.86. The highest BCUT2D eigenvalue weighted by atomic mass is 16.5. The summed E-state index contributed by atoms with van der Waals surface area (Å²) in [6, 6.07) is 20.3. The second-order valence-corrected chi connectivity index (χ2v) is 6.86. The lowest BCUT2D eigenvalue weighted by atomic mass is 10.1. The summed E-state index contributed by atoms with van der Waals surface area (Å²) >= 11 is 0. The van der Waals surface area contributed by atoms with E-state index in [2.05, 4.69) is 0 Å². The van der Waals surface area contributed by atoms with Gasteiger partial charge < -0.3 is 24.4 Å². The number of hydrogen-bond acceptors (Lipinski definition) is 5. The summed E-state index contributed by atoms with van der Waals surface area (Å²) in [5.74, 6) is 1.91. The molecule has 0 saturated carbocycles. The van der Waals surface area contributed by atoms with Crippen LogP contribution < -0.4 is 14.2 Å². The van der Waals surface area contributed by atoms with Gasteiger partial charge in [0, 0.05) is 23.3 Å². The van der Waals surface area contributed by atoms with Crippen molar-refractivity contribution in [1.82, 2.24) is 0 Å². The van der Waals surface area contributed by atoms with Gasteiger partial charge in [-0.3, -0.25) is 0 Å². The van der Waals surface area contributed by atoms with E-state index in [1.54, 1.807) is 24.3 Å². The molecule has 5 heteroatoms. The molecule has 0 bridgehead atoms. The molecule has 1 unspecified atom stereocenters. The van der Waals surface area contributed by atoms with E-state index in [9.17, 15) is 10.2 Å². The van der Waals surface area contributed by atoms with Crippen molar-refractivity contribution < 1.29 is 24.4 Å². The molecule has 3 aromatic rings. The smallest absolute Gasteiger partial charge is 0.130 e. The van der Waals surface area contributed by atoms with Gasteiger partial charge in [0.15, 0.2) is 0 Å². The average molecular weight is 421 g/mol. The maximum atomic E-state index is 10.6. The fraction of sp³-hybridized carbons (Fsp3) is 0.231. The Hall–Kier alpha value is -3.44. The molecule has 0 spiro atoms. The summed E-state index contributed by atoms with van der Waals surface area (Å²) in [6.45, 7) is 5.33. The SMILES string of the molecule is CCOc1ccc(C=CC(O)c2ccc(OCc3ccccc3)cc2O)c(OCC)c1. The number of aliphatic hydroxyl groups is 1. The summed E-state index contributed by atoms with van der Waals surface area (Å²) in [6.07, 6.45) is 2.40. The predicted molar refractivity (Wildman–Crippen MR) is 122 cm³/mol. The van der Waals surface area contributed by atoms with E-state index < -0.39 is 6.10 Å². The molecule has 0 aliphatic carbocycles. The molecule has 0 aromatic heterocycles. The number of ether oxygens (including phenoxy) is 3. The number of hydrogen-bond donors (Lipinski definition) is 2. The van der Waals surface area contributed by atoms with Crippen molar-refractivity contribution in [3.05, 3.63) is 89.5 Å². The Labute approximate surface area is 183 Å². The number of phenolic OH excluding ortho intramolecular Hbond substituents is 1. The van der Waals surface area contributed by atoms with Gasteiger partial charge in [0.2, 0.25) is 0 Å². The van der Waals surface area contributed by atoms with Gasteiger partial charge in [-0.25, -0.2) is 0 Å². The number of aliphatic hydroxyl groups excluding tert-OH is 1. The molecular formula is C26H28O5. The van der Waals surface area contributed by atoms with Gasteiger partial charge in [0.25, 0.3) is 0 Å². The minimum absolute atomic E-state index is 0.0283. The van der Waals surface area contributed by atoms with Crippen molar-refractivity contribution in [2.24, 2.45) is 0 Å². The summed E-state index contributed by atoms with van der Waals surface area (Å²) < 4.78 is 16.9. The zero-order valence-electron chi connectivity index (χ0n) is 17.8. The van der Waals surface area contributed by atoms with Crippen LogP contribution in [0.25, 0.3) is 6.08 Å². The van der Waals surface area contributed by atoms with Gasteiger partial charge in [-0.2, -0.15) is 0 Å². The standard InChI is InChI=1S/C26H28O5/c1-3-29-22-12-10-20(26(17-22)30-4-2)11-15-24(27)23-14-13-21(16-25(23)28)31-18-19-8-6-5-7-9-19/h5-17,24,27-28H,3-4,18H2,1-2H3. The molecule has 0 amide bonds. The van der Waals surface area contributed by atoms with Gasteiger partial charge in [0.1, 0.15) is 35.7 Å². The van der Waals surface area contributed by atoms with Crippen LogP contribution >= 0.6 is 0 Å². The van der Waals surface area contributed by atoms with Crippen LogP contribution in [0.4, 0.5) is 0 Å². The minimum Gasteiger partial charge on any atom is -0.507 e. The van der Waals surface area contributed by atoms with Crippen LogP contribution in [0.5, 0.6) is 23.0 Å². The zero-order chi connectivity index (χ0) is 22.1. The molecule has 0 fully saturated rings.